The monoisotopic (exact) mass is 380 g/mol. The Morgan fingerprint density at radius 2 is 1.74 bits per heavy atom. The molecule has 0 aliphatic carbocycles. The highest BCUT2D eigenvalue weighted by atomic mass is 35.5. The largest absolute Gasteiger partial charge is 0.490 e. The van der Waals surface area contributed by atoms with Crippen molar-refractivity contribution in [1.82, 2.24) is 0 Å². The lowest BCUT2D eigenvalue weighted by atomic mass is 9.98. The van der Waals surface area contributed by atoms with Crippen LogP contribution in [0.3, 0.4) is 0 Å². The van der Waals surface area contributed by atoms with Crippen LogP contribution >= 0.6 is 11.6 Å². The fourth-order valence-electron chi connectivity index (χ4n) is 4.52. The molecule has 4 heteroatoms. The molecular formula is C23H25ClN2O. The number of hydrogen-bond acceptors (Lipinski definition) is 3. The number of hydrogen-bond donors (Lipinski definition) is 0. The number of ether oxygens (including phenoxy) is 1. The molecule has 2 fully saturated rings. The zero-order chi connectivity index (χ0) is 19.0. The zero-order valence-corrected chi connectivity index (χ0v) is 16.6. The van der Waals surface area contributed by atoms with Crippen LogP contribution in [-0.2, 0) is 0 Å². The Morgan fingerprint density at radius 1 is 1.07 bits per heavy atom. The second-order valence-electron chi connectivity index (χ2n) is 8.00. The quantitative estimate of drug-likeness (QED) is 0.661. The third-order valence-corrected chi connectivity index (χ3v) is 6.22. The molecule has 0 N–H and O–H groups in total. The van der Waals surface area contributed by atoms with E-state index in [0.29, 0.717) is 28.6 Å². The van der Waals surface area contributed by atoms with Crippen molar-refractivity contribution in [2.45, 2.75) is 63.6 Å². The molecule has 2 aromatic rings. The Hall–Kier alpha value is -2.18. The van der Waals surface area contributed by atoms with E-state index in [1.807, 2.05) is 18.2 Å². The number of rotatable bonds is 4. The van der Waals surface area contributed by atoms with E-state index in [9.17, 15) is 0 Å². The Labute approximate surface area is 166 Å². The first kappa shape index (κ1) is 18.2. The number of benzene rings is 2. The van der Waals surface area contributed by atoms with Crippen molar-refractivity contribution in [2.75, 3.05) is 4.90 Å². The minimum absolute atomic E-state index is 0.262. The van der Waals surface area contributed by atoms with Crippen molar-refractivity contribution in [3.63, 3.8) is 0 Å². The molecule has 0 saturated carbocycles. The fourth-order valence-corrected chi connectivity index (χ4v) is 4.74. The maximum absolute atomic E-state index is 9.09. The summed E-state index contributed by atoms with van der Waals surface area (Å²) in [4.78, 5) is 2.49. The number of nitriles is 1. The van der Waals surface area contributed by atoms with Crippen LogP contribution in [0.5, 0.6) is 5.75 Å². The van der Waals surface area contributed by atoms with E-state index in [0.717, 1.165) is 24.3 Å². The van der Waals surface area contributed by atoms with Gasteiger partial charge >= 0.3 is 0 Å². The Morgan fingerprint density at radius 3 is 2.30 bits per heavy atom. The number of halogens is 1. The highest BCUT2D eigenvalue weighted by molar-refractivity contribution is 6.32. The van der Waals surface area contributed by atoms with Crippen molar-refractivity contribution < 1.29 is 4.74 Å². The van der Waals surface area contributed by atoms with Crippen LogP contribution in [-0.4, -0.2) is 18.2 Å². The third kappa shape index (κ3) is 3.64. The minimum Gasteiger partial charge on any atom is -0.490 e. The summed E-state index contributed by atoms with van der Waals surface area (Å²) in [6, 6.07) is 17.4. The van der Waals surface area contributed by atoms with Crippen LogP contribution in [0.4, 0.5) is 5.69 Å². The van der Waals surface area contributed by atoms with E-state index in [-0.39, 0.29) is 6.10 Å². The Bertz CT molecular complexity index is 842. The molecule has 0 spiro atoms. The van der Waals surface area contributed by atoms with E-state index >= 15 is 0 Å². The molecule has 0 amide bonds. The fraction of sp³-hybridized carbons (Fsp3) is 0.435. The Balaban J connectivity index is 1.46. The van der Waals surface area contributed by atoms with Gasteiger partial charge in [0.25, 0.3) is 0 Å². The lowest BCUT2D eigenvalue weighted by molar-refractivity contribution is 0.150. The van der Waals surface area contributed by atoms with Gasteiger partial charge in [0.05, 0.1) is 10.6 Å². The van der Waals surface area contributed by atoms with Gasteiger partial charge in [-0.2, -0.15) is 5.26 Å². The van der Waals surface area contributed by atoms with E-state index in [2.05, 4.69) is 49.1 Å². The van der Waals surface area contributed by atoms with Gasteiger partial charge in [-0.25, -0.2) is 0 Å². The number of piperidine rings is 1. The molecule has 2 aliphatic heterocycles. The molecule has 0 radical (unpaired) electrons. The van der Waals surface area contributed by atoms with E-state index in [1.165, 1.54) is 18.4 Å². The maximum atomic E-state index is 9.09. The van der Waals surface area contributed by atoms with Gasteiger partial charge in [-0.3, -0.25) is 0 Å². The molecule has 2 saturated heterocycles. The zero-order valence-electron chi connectivity index (χ0n) is 15.9. The summed E-state index contributed by atoms with van der Waals surface area (Å²) in [5, 5.41) is 9.63. The predicted molar refractivity (Wildman–Crippen MR) is 110 cm³/mol. The summed E-state index contributed by atoms with van der Waals surface area (Å²) in [7, 11) is 0. The summed E-state index contributed by atoms with van der Waals surface area (Å²) in [6.45, 7) is 4.41. The van der Waals surface area contributed by atoms with Crippen molar-refractivity contribution in [3.8, 4) is 11.8 Å². The molecule has 2 aliphatic rings. The SMILES string of the molecule is CC(C)c1ccc(OC2CC3CCC(C2)N3c2ccc(C#N)c(Cl)c2)cc1. The minimum atomic E-state index is 0.262. The van der Waals surface area contributed by atoms with Crippen LogP contribution in [0.2, 0.25) is 5.02 Å². The van der Waals surface area contributed by atoms with Crippen molar-refractivity contribution in [3.05, 3.63) is 58.6 Å². The lowest BCUT2D eigenvalue weighted by Gasteiger charge is -2.40. The summed E-state index contributed by atoms with van der Waals surface area (Å²) in [6.07, 6.45) is 4.70. The van der Waals surface area contributed by atoms with Crippen LogP contribution in [0.25, 0.3) is 0 Å². The van der Waals surface area contributed by atoms with Gasteiger partial charge in [0, 0.05) is 30.6 Å². The first-order chi connectivity index (χ1) is 13.0. The number of fused-ring (bicyclic) bond motifs is 2. The van der Waals surface area contributed by atoms with Crippen molar-refractivity contribution in [1.29, 1.82) is 5.26 Å². The average Bonchev–Trinajstić information content (AvgIpc) is 2.93. The van der Waals surface area contributed by atoms with Gasteiger partial charge in [-0.05, 0) is 54.7 Å². The van der Waals surface area contributed by atoms with E-state index in [4.69, 9.17) is 21.6 Å². The average molecular weight is 381 g/mol. The maximum Gasteiger partial charge on any atom is 0.119 e. The molecule has 2 unspecified atom stereocenters. The lowest BCUT2D eigenvalue weighted by Crippen LogP contribution is -2.46. The van der Waals surface area contributed by atoms with E-state index < -0.39 is 0 Å². The Kier molecular flexibility index (Phi) is 5.02. The van der Waals surface area contributed by atoms with E-state index in [1.54, 1.807) is 0 Å². The van der Waals surface area contributed by atoms with Crippen LogP contribution in [0.15, 0.2) is 42.5 Å². The standard InChI is InChI=1S/C23H25ClN2O/c1-15(2)16-4-9-21(10-5-16)27-22-11-18-7-8-19(12-22)26(18)20-6-3-17(14-25)23(24)13-20/h3-6,9-10,13,15,18-19,22H,7-8,11-12H2,1-2H3. The first-order valence-corrected chi connectivity index (χ1v) is 10.2. The van der Waals surface area contributed by atoms with Gasteiger partial charge in [0.2, 0.25) is 0 Å². The predicted octanol–water partition coefficient (Wildman–Crippen LogP) is 5.91. The van der Waals surface area contributed by atoms with Crippen LogP contribution in [0, 0.1) is 11.3 Å². The van der Waals surface area contributed by atoms with Gasteiger partial charge in [0.15, 0.2) is 0 Å². The number of anilines is 1. The molecule has 4 rings (SSSR count). The summed E-state index contributed by atoms with van der Waals surface area (Å²) >= 11 is 6.26. The molecule has 2 atom stereocenters. The molecule has 2 aromatic carbocycles. The second kappa shape index (κ2) is 7.44. The van der Waals surface area contributed by atoms with Gasteiger partial charge in [-0.15, -0.1) is 0 Å². The number of nitrogens with zero attached hydrogens (tertiary/aromatic N) is 2. The molecule has 0 aromatic heterocycles. The molecule has 27 heavy (non-hydrogen) atoms. The summed E-state index contributed by atoms with van der Waals surface area (Å²) in [5.74, 6) is 1.51. The summed E-state index contributed by atoms with van der Waals surface area (Å²) in [5.41, 5.74) is 3.01. The van der Waals surface area contributed by atoms with Crippen molar-refractivity contribution in [2.24, 2.45) is 0 Å². The molecule has 140 valence electrons. The highest BCUT2D eigenvalue weighted by Crippen LogP contribution is 2.41. The van der Waals surface area contributed by atoms with Crippen LogP contribution < -0.4 is 9.64 Å². The normalized spacial score (nSPS) is 24.1. The van der Waals surface area contributed by atoms with Crippen molar-refractivity contribution >= 4 is 17.3 Å². The topological polar surface area (TPSA) is 36.3 Å². The van der Waals surface area contributed by atoms with Gasteiger partial charge < -0.3 is 9.64 Å². The van der Waals surface area contributed by atoms with Gasteiger partial charge in [0.1, 0.15) is 17.9 Å². The molecule has 3 nitrogen and oxygen atoms in total. The first-order valence-electron chi connectivity index (χ1n) is 9.79. The second-order valence-corrected chi connectivity index (χ2v) is 8.41. The summed E-state index contributed by atoms with van der Waals surface area (Å²) < 4.78 is 6.32. The molecule has 2 heterocycles. The third-order valence-electron chi connectivity index (χ3n) is 5.91. The van der Waals surface area contributed by atoms with Gasteiger partial charge in [-0.1, -0.05) is 37.6 Å². The van der Waals surface area contributed by atoms with Crippen LogP contribution in [0.1, 0.15) is 56.6 Å². The molecular weight excluding hydrogens is 356 g/mol. The molecule has 2 bridgehead atoms. The smallest absolute Gasteiger partial charge is 0.119 e. The highest BCUT2D eigenvalue weighted by Gasteiger charge is 2.41.